The van der Waals surface area contributed by atoms with Crippen molar-refractivity contribution >= 4 is 41.4 Å². The van der Waals surface area contributed by atoms with Crippen molar-refractivity contribution in [3.05, 3.63) is 45.7 Å². The molecule has 1 atom stereocenters. The molecule has 0 aliphatic heterocycles. The number of aromatic amines is 1. The number of hydrogen-bond donors (Lipinski definition) is 4. The second-order valence-corrected chi connectivity index (χ2v) is 8.58. The third-order valence-corrected chi connectivity index (χ3v) is 5.94. The number of nitrogens with one attached hydrogen (secondary N) is 2. The van der Waals surface area contributed by atoms with Gasteiger partial charge in [0.25, 0.3) is 11.5 Å². The van der Waals surface area contributed by atoms with E-state index in [1.165, 1.54) is 0 Å². The second kappa shape index (κ2) is 14.0. The normalized spacial score (nSPS) is 11.5. The first-order chi connectivity index (χ1) is 16.7. The summed E-state index contributed by atoms with van der Waals surface area (Å²) in [6.07, 6.45) is 1.21. The van der Waals surface area contributed by atoms with Crippen LogP contribution in [0.3, 0.4) is 0 Å². The van der Waals surface area contributed by atoms with E-state index in [4.69, 9.17) is 20.9 Å². The maximum absolute atomic E-state index is 12.6. The summed E-state index contributed by atoms with van der Waals surface area (Å²) in [4.78, 5) is 55.7. The lowest BCUT2D eigenvalue weighted by Crippen LogP contribution is -2.42. The zero-order chi connectivity index (χ0) is 25.8. The van der Waals surface area contributed by atoms with Crippen LogP contribution in [0.1, 0.15) is 49.0 Å². The van der Waals surface area contributed by atoms with Crippen LogP contribution in [0.5, 0.6) is 0 Å². The number of H-pyrrole nitrogens is 1. The van der Waals surface area contributed by atoms with Crippen molar-refractivity contribution in [2.45, 2.75) is 50.5 Å². The van der Waals surface area contributed by atoms with Crippen LogP contribution >= 0.6 is 11.8 Å². The predicted octanol–water partition coefficient (Wildman–Crippen LogP) is 1.66. The minimum atomic E-state index is -0.959. The quantitative estimate of drug-likeness (QED) is 0.178. The number of aromatic nitrogens is 2. The van der Waals surface area contributed by atoms with Crippen molar-refractivity contribution in [3.8, 4) is 0 Å². The molecule has 6 N–H and O–H groups in total. The van der Waals surface area contributed by atoms with Gasteiger partial charge < -0.3 is 26.3 Å². The van der Waals surface area contributed by atoms with Crippen LogP contribution in [0.25, 0.3) is 0 Å². The Balaban J connectivity index is 1.89. The van der Waals surface area contributed by atoms with E-state index in [2.05, 4.69) is 15.3 Å². The van der Waals surface area contributed by atoms with Crippen molar-refractivity contribution in [1.82, 2.24) is 15.3 Å². The molecular formula is C23H31N5O6S. The molecule has 35 heavy (non-hydrogen) atoms. The molecule has 1 aromatic carbocycles. The molecule has 1 aromatic heterocycles. The van der Waals surface area contributed by atoms with Crippen molar-refractivity contribution < 1.29 is 23.9 Å². The summed E-state index contributed by atoms with van der Waals surface area (Å²) in [5.41, 5.74) is 11.7. The summed E-state index contributed by atoms with van der Waals surface area (Å²) in [6, 6.07) is 5.93. The number of rotatable bonds is 13. The molecule has 0 saturated carbocycles. The number of carbonyl (C=O) groups excluding carboxylic acids is 3. The minimum Gasteiger partial charge on any atom is -0.466 e. The Morgan fingerprint density at radius 1 is 1.11 bits per heavy atom. The van der Waals surface area contributed by atoms with Crippen molar-refractivity contribution in [3.63, 3.8) is 0 Å². The number of esters is 2. The number of amides is 1. The van der Waals surface area contributed by atoms with E-state index in [1.54, 1.807) is 49.9 Å². The van der Waals surface area contributed by atoms with E-state index >= 15 is 0 Å². The highest BCUT2D eigenvalue weighted by atomic mass is 32.2. The molecule has 0 unspecified atom stereocenters. The maximum Gasteiger partial charge on any atom is 0.328 e. The highest BCUT2D eigenvalue weighted by Gasteiger charge is 2.24. The predicted molar refractivity (Wildman–Crippen MR) is 133 cm³/mol. The number of carbonyl (C=O) groups is 3. The Bertz CT molecular complexity index is 1070. The molecule has 1 heterocycles. The lowest BCUT2D eigenvalue weighted by molar-refractivity contribution is -0.146. The highest BCUT2D eigenvalue weighted by molar-refractivity contribution is 7.99. The molecule has 0 bridgehead atoms. The fourth-order valence-corrected chi connectivity index (χ4v) is 4.00. The van der Waals surface area contributed by atoms with Crippen molar-refractivity contribution in [2.75, 3.05) is 30.4 Å². The van der Waals surface area contributed by atoms with Crippen molar-refractivity contribution in [2.24, 2.45) is 0 Å². The molecule has 12 heteroatoms. The third-order valence-electron chi connectivity index (χ3n) is 4.84. The summed E-state index contributed by atoms with van der Waals surface area (Å²) in [5.74, 6) is -0.662. The summed E-state index contributed by atoms with van der Waals surface area (Å²) < 4.78 is 9.89. The molecule has 2 aromatic rings. The lowest BCUT2D eigenvalue weighted by atomic mass is 10.1. The molecule has 0 fully saturated rings. The standard InChI is InChI=1S/C23H31N5O6S/c1-3-33-18(29)12-11-17(22(32)34-4-2)26-20(30)14-7-9-15(10-8-14)35-13-5-6-16-19(24)27-23(25)28-21(16)31/h7-10,17H,3-6,11-13H2,1-2H3,(H,26,30)(H5,24,25,27,28,31)/t17-/m1/s1. The monoisotopic (exact) mass is 505 g/mol. The number of hydrogen-bond acceptors (Lipinski definition) is 10. The van der Waals surface area contributed by atoms with Gasteiger partial charge in [0.2, 0.25) is 5.95 Å². The lowest BCUT2D eigenvalue weighted by Gasteiger charge is -2.17. The average Bonchev–Trinajstić information content (AvgIpc) is 2.81. The molecule has 1 amide bonds. The van der Waals surface area contributed by atoms with Gasteiger partial charge in [-0.15, -0.1) is 11.8 Å². The van der Waals surface area contributed by atoms with Crippen LogP contribution in [0.2, 0.25) is 0 Å². The van der Waals surface area contributed by atoms with E-state index in [-0.39, 0.29) is 43.4 Å². The number of anilines is 2. The maximum atomic E-state index is 12.6. The first kappa shape index (κ1) is 27.7. The Morgan fingerprint density at radius 3 is 2.43 bits per heavy atom. The molecule has 190 valence electrons. The molecule has 2 rings (SSSR count). The van der Waals surface area contributed by atoms with Crippen LogP contribution in [0.4, 0.5) is 11.8 Å². The first-order valence-corrected chi connectivity index (χ1v) is 12.2. The van der Waals surface area contributed by atoms with E-state index < -0.39 is 23.9 Å². The fourth-order valence-electron chi connectivity index (χ4n) is 3.15. The highest BCUT2D eigenvalue weighted by Crippen LogP contribution is 2.20. The minimum absolute atomic E-state index is 0.0117. The summed E-state index contributed by atoms with van der Waals surface area (Å²) >= 11 is 1.56. The number of nitrogens with zero attached hydrogens (tertiary/aromatic N) is 1. The molecular weight excluding hydrogens is 474 g/mol. The second-order valence-electron chi connectivity index (χ2n) is 7.41. The Morgan fingerprint density at radius 2 is 1.80 bits per heavy atom. The number of benzene rings is 1. The Hall–Kier alpha value is -3.54. The van der Waals surface area contributed by atoms with Gasteiger partial charge in [0, 0.05) is 16.9 Å². The van der Waals surface area contributed by atoms with Gasteiger partial charge >= 0.3 is 11.9 Å². The van der Waals surface area contributed by atoms with Crippen molar-refractivity contribution in [1.29, 1.82) is 0 Å². The number of thioether (sulfide) groups is 1. The molecule has 0 aliphatic carbocycles. The first-order valence-electron chi connectivity index (χ1n) is 11.2. The van der Waals surface area contributed by atoms with E-state index in [1.807, 2.05) is 0 Å². The summed E-state index contributed by atoms with van der Waals surface area (Å²) in [6.45, 7) is 3.76. The van der Waals surface area contributed by atoms with Crippen LogP contribution in [-0.2, 0) is 25.5 Å². The molecule has 0 saturated heterocycles. The van der Waals surface area contributed by atoms with Crippen LogP contribution in [0.15, 0.2) is 34.0 Å². The third kappa shape index (κ3) is 8.96. The largest absolute Gasteiger partial charge is 0.466 e. The Labute approximate surface area is 207 Å². The van der Waals surface area contributed by atoms with Gasteiger partial charge in [-0.3, -0.25) is 19.4 Å². The number of ether oxygens (including phenoxy) is 2. The molecule has 11 nitrogen and oxygen atoms in total. The molecule has 0 aliphatic rings. The number of nitrogen functional groups attached to an aromatic ring is 2. The molecule has 0 radical (unpaired) electrons. The topological polar surface area (TPSA) is 179 Å². The molecule has 0 spiro atoms. The van der Waals surface area contributed by atoms with E-state index in [0.29, 0.717) is 29.7 Å². The van der Waals surface area contributed by atoms with Gasteiger partial charge in [-0.25, -0.2) is 4.79 Å². The summed E-state index contributed by atoms with van der Waals surface area (Å²) in [5, 5.41) is 2.63. The SMILES string of the molecule is CCOC(=O)CC[C@@H](NC(=O)c1ccc(SCCCc2c(N)nc(N)[nH]c2=O)cc1)C(=O)OCC. The van der Waals surface area contributed by atoms with Gasteiger partial charge in [-0.1, -0.05) is 0 Å². The van der Waals surface area contributed by atoms with Crippen LogP contribution < -0.4 is 22.3 Å². The van der Waals surface area contributed by atoms with E-state index in [0.717, 1.165) is 4.90 Å². The van der Waals surface area contributed by atoms with Gasteiger partial charge in [0.05, 0.1) is 18.8 Å². The van der Waals surface area contributed by atoms with Crippen LogP contribution in [0, 0.1) is 0 Å². The smallest absolute Gasteiger partial charge is 0.328 e. The van der Waals surface area contributed by atoms with E-state index in [9.17, 15) is 19.2 Å². The van der Waals surface area contributed by atoms with Crippen LogP contribution in [-0.4, -0.2) is 52.8 Å². The van der Waals surface area contributed by atoms with Gasteiger partial charge in [0.1, 0.15) is 11.9 Å². The van der Waals surface area contributed by atoms with Gasteiger partial charge in [0.15, 0.2) is 0 Å². The number of nitrogens with two attached hydrogens (primary N) is 2. The summed E-state index contributed by atoms with van der Waals surface area (Å²) in [7, 11) is 0. The Kier molecular flexibility index (Phi) is 11.1. The zero-order valence-corrected chi connectivity index (χ0v) is 20.6. The van der Waals surface area contributed by atoms with Gasteiger partial charge in [-0.05, 0) is 63.1 Å². The average molecular weight is 506 g/mol. The zero-order valence-electron chi connectivity index (χ0n) is 19.8. The van der Waals surface area contributed by atoms with Gasteiger partial charge in [-0.2, -0.15) is 4.98 Å². The fraction of sp³-hybridized carbons (Fsp3) is 0.435.